The topological polar surface area (TPSA) is 93.1 Å². The van der Waals surface area contributed by atoms with E-state index >= 15 is 0 Å². The normalized spacial score (nSPS) is 12.3. The van der Waals surface area contributed by atoms with E-state index in [1.807, 2.05) is 31.2 Å². The van der Waals surface area contributed by atoms with Gasteiger partial charge in [-0.1, -0.05) is 18.2 Å². The predicted octanol–water partition coefficient (Wildman–Crippen LogP) is 3.55. The van der Waals surface area contributed by atoms with Crippen LogP contribution in [0.3, 0.4) is 0 Å². The number of carbonyl (C=O) groups excluding carboxylic acids is 1. The Kier molecular flexibility index (Phi) is 6.52. The molecule has 0 radical (unpaired) electrons. The molecule has 2 aromatic carbocycles. The van der Waals surface area contributed by atoms with Crippen molar-refractivity contribution in [3.63, 3.8) is 0 Å². The molecular weight excluding hydrogens is 412 g/mol. The fourth-order valence-corrected chi connectivity index (χ4v) is 4.93. The number of hydrogen-bond acceptors (Lipinski definition) is 4. The fourth-order valence-electron chi connectivity index (χ4n) is 3.49. The number of para-hydroxylation sites is 2. The van der Waals surface area contributed by atoms with Gasteiger partial charge >= 0.3 is 0 Å². The van der Waals surface area contributed by atoms with Gasteiger partial charge in [0.2, 0.25) is 10.0 Å². The number of fused-ring (bicyclic) bond motifs is 1. The SMILES string of the molecule is Cc1ccc(S(=O)(=O)NC(C)(C)C)cc1C(=O)NCCCn1c(C)nc2ccccc21. The number of aryl methyl sites for hydroxylation is 3. The van der Waals surface area contributed by atoms with Crippen molar-refractivity contribution in [2.75, 3.05) is 6.54 Å². The van der Waals surface area contributed by atoms with Crippen LogP contribution in [-0.2, 0) is 16.6 Å². The van der Waals surface area contributed by atoms with E-state index in [-0.39, 0.29) is 10.8 Å². The van der Waals surface area contributed by atoms with E-state index in [0.717, 1.165) is 35.4 Å². The van der Waals surface area contributed by atoms with Crippen LogP contribution >= 0.6 is 0 Å². The maximum absolute atomic E-state index is 12.7. The number of carbonyl (C=O) groups is 1. The Morgan fingerprint density at radius 2 is 1.81 bits per heavy atom. The summed E-state index contributed by atoms with van der Waals surface area (Å²) >= 11 is 0. The third-order valence-electron chi connectivity index (χ3n) is 4.89. The predicted molar refractivity (Wildman–Crippen MR) is 123 cm³/mol. The number of amides is 1. The van der Waals surface area contributed by atoms with Crippen LogP contribution in [0.15, 0.2) is 47.4 Å². The molecule has 8 heteroatoms. The Morgan fingerprint density at radius 3 is 2.52 bits per heavy atom. The highest BCUT2D eigenvalue weighted by atomic mass is 32.2. The van der Waals surface area contributed by atoms with E-state index in [1.54, 1.807) is 33.8 Å². The zero-order valence-electron chi connectivity index (χ0n) is 18.7. The molecule has 0 saturated heterocycles. The molecule has 0 aliphatic carbocycles. The smallest absolute Gasteiger partial charge is 0.251 e. The second-order valence-corrected chi connectivity index (χ2v) is 10.4. The lowest BCUT2D eigenvalue weighted by atomic mass is 10.1. The van der Waals surface area contributed by atoms with Crippen molar-refractivity contribution in [2.45, 2.75) is 58.0 Å². The van der Waals surface area contributed by atoms with E-state index in [1.165, 1.54) is 12.1 Å². The van der Waals surface area contributed by atoms with Gasteiger partial charge in [0.1, 0.15) is 5.82 Å². The van der Waals surface area contributed by atoms with Crippen LogP contribution in [0, 0.1) is 13.8 Å². The number of rotatable bonds is 7. The average molecular weight is 443 g/mol. The molecule has 166 valence electrons. The van der Waals surface area contributed by atoms with Gasteiger partial charge in [-0.25, -0.2) is 18.1 Å². The second kappa shape index (κ2) is 8.80. The number of benzene rings is 2. The molecule has 2 N–H and O–H groups in total. The largest absolute Gasteiger partial charge is 0.352 e. The van der Waals surface area contributed by atoms with Crippen LogP contribution in [0.1, 0.15) is 48.9 Å². The molecule has 0 aliphatic heterocycles. The molecule has 1 amide bonds. The Balaban J connectivity index is 1.66. The van der Waals surface area contributed by atoms with E-state index < -0.39 is 15.6 Å². The van der Waals surface area contributed by atoms with Crippen molar-refractivity contribution >= 4 is 27.0 Å². The number of hydrogen-bond donors (Lipinski definition) is 2. The van der Waals surface area contributed by atoms with Crippen molar-refractivity contribution in [2.24, 2.45) is 0 Å². The highest BCUT2D eigenvalue weighted by molar-refractivity contribution is 7.89. The lowest BCUT2D eigenvalue weighted by Crippen LogP contribution is -2.40. The standard InChI is InChI=1S/C23H30N4O3S/c1-16-11-12-18(31(29,30)26-23(3,4)5)15-19(16)22(28)24-13-8-14-27-17(2)25-20-9-6-7-10-21(20)27/h6-7,9-12,15,26H,8,13-14H2,1-5H3,(H,24,28). The molecule has 0 bridgehead atoms. The van der Waals surface area contributed by atoms with Gasteiger partial charge in [0.15, 0.2) is 0 Å². The minimum atomic E-state index is -3.71. The summed E-state index contributed by atoms with van der Waals surface area (Å²) in [6.07, 6.45) is 0.732. The highest BCUT2D eigenvalue weighted by Crippen LogP contribution is 2.18. The van der Waals surface area contributed by atoms with Crippen LogP contribution in [0.25, 0.3) is 11.0 Å². The minimum absolute atomic E-state index is 0.0821. The molecule has 0 fully saturated rings. The first-order chi connectivity index (χ1) is 14.5. The first-order valence-corrected chi connectivity index (χ1v) is 11.8. The number of nitrogens with zero attached hydrogens (tertiary/aromatic N) is 2. The van der Waals surface area contributed by atoms with Crippen molar-refractivity contribution < 1.29 is 13.2 Å². The summed E-state index contributed by atoms with van der Waals surface area (Å²) in [5.41, 5.74) is 2.51. The van der Waals surface area contributed by atoms with E-state index in [0.29, 0.717) is 12.1 Å². The monoisotopic (exact) mass is 442 g/mol. The number of sulfonamides is 1. The van der Waals surface area contributed by atoms with Crippen LogP contribution < -0.4 is 10.0 Å². The average Bonchev–Trinajstić information content (AvgIpc) is 2.98. The summed E-state index contributed by atoms with van der Waals surface area (Å²) in [5, 5.41) is 2.91. The Morgan fingerprint density at radius 1 is 1.10 bits per heavy atom. The maximum atomic E-state index is 12.7. The Labute approximate surface area is 183 Å². The number of imidazole rings is 1. The van der Waals surface area contributed by atoms with Gasteiger partial charge in [-0.2, -0.15) is 0 Å². The van der Waals surface area contributed by atoms with Crippen molar-refractivity contribution in [1.82, 2.24) is 19.6 Å². The molecule has 31 heavy (non-hydrogen) atoms. The lowest BCUT2D eigenvalue weighted by molar-refractivity contribution is 0.0952. The van der Waals surface area contributed by atoms with Crippen molar-refractivity contribution in [3.05, 3.63) is 59.4 Å². The molecule has 0 atom stereocenters. The molecular formula is C23H30N4O3S. The van der Waals surface area contributed by atoms with E-state index in [2.05, 4.69) is 19.6 Å². The summed E-state index contributed by atoms with van der Waals surface area (Å²) in [6.45, 7) is 10.3. The van der Waals surface area contributed by atoms with Gasteiger partial charge in [-0.05, 0) is 70.9 Å². The van der Waals surface area contributed by atoms with Gasteiger partial charge in [0.05, 0.1) is 15.9 Å². The first kappa shape index (κ1) is 23.0. The zero-order chi connectivity index (χ0) is 22.8. The van der Waals surface area contributed by atoms with E-state index in [9.17, 15) is 13.2 Å². The Bertz CT molecular complexity index is 1210. The molecule has 1 aromatic heterocycles. The molecule has 0 spiro atoms. The number of nitrogens with one attached hydrogen (secondary N) is 2. The second-order valence-electron chi connectivity index (χ2n) is 8.74. The molecule has 1 heterocycles. The molecule has 3 rings (SSSR count). The van der Waals surface area contributed by atoms with Crippen LogP contribution in [0.5, 0.6) is 0 Å². The maximum Gasteiger partial charge on any atom is 0.251 e. The van der Waals surface area contributed by atoms with Crippen LogP contribution in [0.2, 0.25) is 0 Å². The molecule has 0 unspecified atom stereocenters. The van der Waals surface area contributed by atoms with E-state index in [4.69, 9.17) is 0 Å². The summed E-state index contributed by atoms with van der Waals surface area (Å²) in [4.78, 5) is 17.4. The number of aromatic nitrogens is 2. The summed E-state index contributed by atoms with van der Waals surface area (Å²) in [5.74, 6) is 0.658. The van der Waals surface area contributed by atoms with Gasteiger partial charge < -0.3 is 9.88 Å². The summed E-state index contributed by atoms with van der Waals surface area (Å²) < 4.78 is 30.0. The minimum Gasteiger partial charge on any atom is -0.352 e. The van der Waals surface area contributed by atoms with Gasteiger partial charge in [0.25, 0.3) is 5.91 Å². The van der Waals surface area contributed by atoms with Gasteiger partial charge in [-0.15, -0.1) is 0 Å². The van der Waals surface area contributed by atoms with Crippen LogP contribution in [-0.4, -0.2) is 36.0 Å². The summed E-state index contributed by atoms with van der Waals surface area (Å²) in [7, 11) is -3.71. The van der Waals surface area contributed by atoms with Gasteiger partial charge in [-0.3, -0.25) is 4.79 Å². The third kappa shape index (κ3) is 5.51. The van der Waals surface area contributed by atoms with Crippen LogP contribution in [0.4, 0.5) is 0 Å². The van der Waals surface area contributed by atoms with Crippen molar-refractivity contribution in [1.29, 1.82) is 0 Å². The lowest BCUT2D eigenvalue weighted by Gasteiger charge is -2.20. The molecule has 7 nitrogen and oxygen atoms in total. The highest BCUT2D eigenvalue weighted by Gasteiger charge is 2.23. The summed E-state index contributed by atoms with van der Waals surface area (Å²) in [6, 6.07) is 12.6. The first-order valence-electron chi connectivity index (χ1n) is 10.3. The van der Waals surface area contributed by atoms with Crippen molar-refractivity contribution in [3.8, 4) is 0 Å². The quantitative estimate of drug-likeness (QED) is 0.547. The molecule has 0 saturated carbocycles. The Hall–Kier alpha value is -2.71. The molecule has 3 aromatic rings. The fraction of sp³-hybridized carbons (Fsp3) is 0.391. The third-order valence-corrected chi connectivity index (χ3v) is 6.65. The molecule has 0 aliphatic rings. The van der Waals surface area contributed by atoms with Gasteiger partial charge in [0, 0.05) is 24.2 Å². The zero-order valence-corrected chi connectivity index (χ0v) is 19.5.